The summed E-state index contributed by atoms with van der Waals surface area (Å²) in [4.78, 5) is 12.2. The first-order chi connectivity index (χ1) is 14.3. The van der Waals surface area contributed by atoms with E-state index in [0.717, 1.165) is 11.3 Å². The zero-order valence-electron chi connectivity index (χ0n) is 16.9. The number of hydrogen-bond acceptors (Lipinski definition) is 5. The Morgan fingerprint density at radius 2 is 1.97 bits per heavy atom. The van der Waals surface area contributed by atoms with E-state index < -0.39 is 5.82 Å². The fourth-order valence-corrected chi connectivity index (χ4v) is 3.45. The summed E-state index contributed by atoms with van der Waals surface area (Å²) in [5.41, 5.74) is 1.34. The maximum Gasteiger partial charge on any atom is 0.234 e. The Kier molecular flexibility index (Phi) is 7.33. The van der Waals surface area contributed by atoms with Gasteiger partial charge in [-0.1, -0.05) is 37.2 Å². The lowest BCUT2D eigenvalue weighted by atomic mass is 10.2. The number of ether oxygens (including phenoxy) is 1. The summed E-state index contributed by atoms with van der Waals surface area (Å²) in [6, 6.07) is 11.7. The molecule has 0 saturated carbocycles. The number of thioether (sulfide) groups is 1. The van der Waals surface area contributed by atoms with E-state index in [1.165, 1.54) is 30.0 Å². The minimum absolute atomic E-state index is 0.0426. The van der Waals surface area contributed by atoms with Gasteiger partial charge in [0, 0.05) is 18.3 Å². The zero-order valence-corrected chi connectivity index (χ0v) is 18.4. The van der Waals surface area contributed by atoms with Crippen LogP contribution in [0.25, 0.3) is 11.4 Å². The topological polar surface area (TPSA) is 69.0 Å². The minimum Gasteiger partial charge on any atom is -0.493 e. The van der Waals surface area contributed by atoms with Gasteiger partial charge in [-0.05, 0) is 48.4 Å². The summed E-state index contributed by atoms with van der Waals surface area (Å²) >= 11 is 6.99. The highest BCUT2D eigenvalue weighted by Gasteiger charge is 2.14. The molecule has 1 amide bonds. The number of carbonyl (C=O) groups is 1. The maximum atomic E-state index is 13.2. The Morgan fingerprint density at radius 1 is 1.23 bits per heavy atom. The Labute approximate surface area is 183 Å². The molecule has 0 spiro atoms. The Hall–Kier alpha value is -2.58. The van der Waals surface area contributed by atoms with Gasteiger partial charge < -0.3 is 14.6 Å². The number of nitrogens with one attached hydrogen (secondary N) is 1. The molecule has 1 heterocycles. The van der Waals surface area contributed by atoms with Gasteiger partial charge in [0.15, 0.2) is 11.0 Å². The van der Waals surface area contributed by atoms with Crippen LogP contribution in [0.3, 0.4) is 0 Å². The molecule has 0 aliphatic rings. The van der Waals surface area contributed by atoms with E-state index in [1.807, 2.05) is 35.9 Å². The third-order valence-corrected chi connectivity index (χ3v) is 5.38. The van der Waals surface area contributed by atoms with Crippen molar-refractivity contribution in [2.45, 2.75) is 19.0 Å². The average molecular weight is 449 g/mol. The van der Waals surface area contributed by atoms with Crippen molar-refractivity contribution in [1.82, 2.24) is 14.8 Å². The lowest BCUT2D eigenvalue weighted by Gasteiger charge is -2.09. The second-order valence-corrected chi connectivity index (χ2v) is 8.41. The van der Waals surface area contributed by atoms with Gasteiger partial charge in [-0.25, -0.2) is 4.39 Å². The molecule has 0 atom stereocenters. The number of halogens is 2. The van der Waals surface area contributed by atoms with Crippen LogP contribution in [0, 0.1) is 11.7 Å². The summed E-state index contributed by atoms with van der Waals surface area (Å²) in [6.45, 7) is 4.86. The van der Waals surface area contributed by atoms with Crippen molar-refractivity contribution in [1.29, 1.82) is 0 Å². The van der Waals surface area contributed by atoms with Crippen molar-refractivity contribution >= 4 is 35.0 Å². The number of aromatic nitrogens is 3. The Balaban J connectivity index is 1.59. The predicted molar refractivity (Wildman–Crippen MR) is 118 cm³/mol. The van der Waals surface area contributed by atoms with Crippen LogP contribution in [0.1, 0.15) is 13.8 Å². The number of anilines is 1. The van der Waals surface area contributed by atoms with Gasteiger partial charge in [0.25, 0.3) is 0 Å². The number of carbonyl (C=O) groups excluding carboxylic acids is 1. The van der Waals surface area contributed by atoms with Gasteiger partial charge in [0.1, 0.15) is 11.6 Å². The second-order valence-electron chi connectivity index (χ2n) is 7.06. The Morgan fingerprint density at radius 3 is 2.63 bits per heavy atom. The summed E-state index contributed by atoms with van der Waals surface area (Å²) in [6.07, 6.45) is 0. The van der Waals surface area contributed by atoms with Crippen molar-refractivity contribution in [3.63, 3.8) is 0 Å². The molecule has 1 aromatic heterocycles. The number of benzene rings is 2. The molecule has 9 heteroatoms. The first-order valence-electron chi connectivity index (χ1n) is 9.34. The normalized spacial score (nSPS) is 11.0. The van der Waals surface area contributed by atoms with E-state index in [4.69, 9.17) is 16.3 Å². The van der Waals surface area contributed by atoms with Gasteiger partial charge in [-0.15, -0.1) is 10.2 Å². The highest BCUT2D eigenvalue weighted by molar-refractivity contribution is 7.99. The molecule has 30 heavy (non-hydrogen) atoms. The van der Waals surface area contributed by atoms with Crippen molar-refractivity contribution in [2.75, 3.05) is 17.7 Å². The summed E-state index contributed by atoms with van der Waals surface area (Å²) in [7, 11) is 1.85. The predicted octanol–water partition coefficient (Wildman–Crippen LogP) is 5.04. The second kappa shape index (κ2) is 9.95. The van der Waals surface area contributed by atoms with Crippen molar-refractivity contribution in [2.24, 2.45) is 13.0 Å². The zero-order chi connectivity index (χ0) is 21.7. The molecule has 1 N–H and O–H groups in total. The summed E-state index contributed by atoms with van der Waals surface area (Å²) in [5, 5.41) is 11.7. The monoisotopic (exact) mass is 448 g/mol. The molecule has 0 aliphatic heterocycles. The molecule has 0 bridgehead atoms. The maximum absolute atomic E-state index is 13.2. The molecule has 158 valence electrons. The van der Waals surface area contributed by atoms with Gasteiger partial charge in [0.05, 0.1) is 17.4 Å². The molecule has 3 rings (SSSR count). The number of rotatable bonds is 8. The number of nitrogens with zero attached hydrogens (tertiary/aromatic N) is 3. The van der Waals surface area contributed by atoms with Crippen molar-refractivity contribution in [3.05, 3.63) is 53.3 Å². The van der Waals surface area contributed by atoms with Gasteiger partial charge in [-0.3, -0.25) is 4.79 Å². The van der Waals surface area contributed by atoms with Gasteiger partial charge >= 0.3 is 0 Å². The van der Waals surface area contributed by atoms with Crippen LogP contribution in [-0.2, 0) is 11.8 Å². The van der Waals surface area contributed by atoms with Gasteiger partial charge in [0.2, 0.25) is 5.91 Å². The number of hydrogen-bond donors (Lipinski definition) is 1. The highest BCUT2D eigenvalue weighted by Crippen LogP contribution is 2.25. The molecule has 0 fully saturated rings. The van der Waals surface area contributed by atoms with Crippen LogP contribution in [0.4, 0.5) is 10.1 Å². The summed E-state index contributed by atoms with van der Waals surface area (Å²) < 4.78 is 20.7. The molecule has 6 nitrogen and oxygen atoms in total. The third-order valence-electron chi connectivity index (χ3n) is 4.07. The number of amides is 1. The van der Waals surface area contributed by atoms with Crippen molar-refractivity contribution < 1.29 is 13.9 Å². The standard InChI is InChI=1S/C21H22ClFN4O2S/c1-13(2)11-29-16-7-4-14(5-8-16)20-25-26-21(27(20)3)30-12-19(28)24-15-6-9-18(23)17(22)10-15/h4-10,13H,11-12H2,1-3H3,(H,24,28). The van der Waals surface area contributed by atoms with Crippen LogP contribution in [-0.4, -0.2) is 33.0 Å². The van der Waals surface area contributed by atoms with Crippen LogP contribution in [0.2, 0.25) is 5.02 Å². The fourth-order valence-electron chi connectivity index (χ4n) is 2.56. The molecule has 2 aromatic carbocycles. The van der Waals surface area contributed by atoms with E-state index >= 15 is 0 Å². The van der Waals surface area contributed by atoms with E-state index in [-0.39, 0.29) is 16.7 Å². The third kappa shape index (κ3) is 5.73. The molecule has 0 aliphatic carbocycles. The van der Waals surface area contributed by atoms with Crippen LogP contribution in [0.15, 0.2) is 47.6 Å². The molecule has 0 radical (unpaired) electrons. The van der Waals surface area contributed by atoms with E-state index in [1.54, 1.807) is 0 Å². The molecular weight excluding hydrogens is 427 g/mol. The summed E-state index contributed by atoms with van der Waals surface area (Å²) in [5.74, 6) is 1.30. The molecule has 3 aromatic rings. The smallest absolute Gasteiger partial charge is 0.234 e. The van der Waals surface area contributed by atoms with E-state index in [0.29, 0.717) is 29.2 Å². The molecular formula is C21H22ClFN4O2S. The lowest BCUT2D eigenvalue weighted by molar-refractivity contribution is -0.113. The van der Waals surface area contributed by atoms with Crippen LogP contribution >= 0.6 is 23.4 Å². The first kappa shape index (κ1) is 22.1. The van der Waals surface area contributed by atoms with Crippen LogP contribution < -0.4 is 10.1 Å². The average Bonchev–Trinajstić information content (AvgIpc) is 3.08. The van der Waals surface area contributed by atoms with E-state index in [2.05, 4.69) is 29.4 Å². The highest BCUT2D eigenvalue weighted by atomic mass is 35.5. The first-order valence-corrected chi connectivity index (χ1v) is 10.7. The lowest BCUT2D eigenvalue weighted by Crippen LogP contribution is -2.14. The molecule has 0 unspecified atom stereocenters. The van der Waals surface area contributed by atoms with Gasteiger partial charge in [-0.2, -0.15) is 0 Å². The Bertz CT molecular complexity index is 1020. The fraction of sp³-hybridized carbons (Fsp3) is 0.286. The van der Waals surface area contributed by atoms with Crippen LogP contribution in [0.5, 0.6) is 5.75 Å². The largest absolute Gasteiger partial charge is 0.493 e. The minimum atomic E-state index is -0.532. The quantitative estimate of drug-likeness (QED) is 0.489. The van der Waals surface area contributed by atoms with Crippen molar-refractivity contribution in [3.8, 4) is 17.1 Å². The van der Waals surface area contributed by atoms with E-state index in [9.17, 15) is 9.18 Å². The SMILES string of the molecule is CC(C)COc1ccc(-c2nnc(SCC(=O)Nc3ccc(F)c(Cl)c3)n2C)cc1. The molecule has 0 saturated heterocycles.